The molecule has 114 valence electrons. The molecule has 0 atom stereocenters. The van der Waals surface area contributed by atoms with Gasteiger partial charge in [-0.15, -0.1) is 0 Å². The zero-order valence-corrected chi connectivity index (χ0v) is 12.6. The van der Waals surface area contributed by atoms with Gasteiger partial charge in [-0.25, -0.2) is 0 Å². The fraction of sp³-hybridized carbons (Fsp3) is 0.500. The molecule has 21 heavy (non-hydrogen) atoms. The third-order valence-corrected chi connectivity index (χ3v) is 3.17. The van der Waals surface area contributed by atoms with Gasteiger partial charge in [0, 0.05) is 23.8 Å². The summed E-state index contributed by atoms with van der Waals surface area (Å²) in [5.74, 6) is 0.302. The fourth-order valence-electron chi connectivity index (χ4n) is 1.95. The van der Waals surface area contributed by atoms with E-state index in [4.69, 9.17) is 0 Å². The molecular weight excluding hydrogens is 266 g/mol. The minimum atomic E-state index is -0.0431. The lowest BCUT2D eigenvalue weighted by atomic mass is 10.1. The summed E-state index contributed by atoms with van der Waals surface area (Å²) in [5, 5.41) is 8.83. The summed E-state index contributed by atoms with van der Waals surface area (Å²) >= 11 is 0. The van der Waals surface area contributed by atoms with Gasteiger partial charge in [0.05, 0.1) is 6.54 Å². The molecule has 0 bridgehead atoms. The SMILES string of the molecule is CC(C)CC(=O)Nc1ccc(NC(=O)CNC2CC2)cc1. The number of hydrogen-bond acceptors (Lipinski definition) is 3. The molecule has 5 heteroatoms. The van der Waals surface area contributed by atoms with Crippen LogP contribution < -0.4 is 16.0 Å². The first-order valence-electron chi connectivity index (χ1n) is 7.46. The highest BCUT2D eigenvalue weighted by molar-refractivity contribution is 5.93. The molecule has 0 spiro atoms. The lowest BCUT2D eigenvalue weighted by molar-refractivity contribution is -0.117. The van der Waals surface area contributed by atoms with E-state index in [0.717, 1.165) is 24.2 Å². The largest absolute Gasteiger partial charge is 0.326 e. The molecule has 1 aromatic carbocycles. The van der Waals surface area contributed by atoms with Crippen molar-refractivity contribution in [1.82, 2.24) is 5.32 Å². The predicted octanol–water partition coefficient (Wildman–Crippen LogP) is 2.36. The van der Waals surface area contributed by atoms with Crippen LogP contribution in [0.1, 0.15) is 33.1 Å². The topological polar surface area (TPSA) is 70.2 Å². The van der Waals surface area contributed by atoms with Gasteiger partial charge in [0.15, 0.2) is 0 Å². The van der Waals surface area contributed by atoms with E-state index in [1.54, 1.807) is 24.3 Å². The summed E-state index contributed by atoms with van der Waals surface area (Å²) in [4.78, 5) is 23.3. The van der Waals surface area contributed by atoms with Crippen LogP contribution >= 0.6 is 0 Å². The van der Waals surface area contributed by atoms with Crippen LogP contribution in [-0.4, -0.2) is 24.4 Å². The van der Waals surface area contributed by atoms with Crippen LogP contribution in [0.5, 0.6) is 0 Å². The summed E-state index contributed by atoms with van der Waals surface area (Å²) in [6.45, 7) is 4.36. The van der Waals surface area contributed by atoms with Crippen LogP contribution in [0, 0.1) is 5.92 Å². The van der Waals surface area contributed by atoms with E-state index in [1.807, 2.05) is 13.8 Å². The highest BCUT2D eigenvalue weighted by Crippen LogP contribution is 2.18. The van der Waals surface area contributed by atoms with Gasteiger partial charge in [0.25, 0.3) is 0 Å². The first-order chi connectivity index (χ1) is 10.0. The van der Waals surface area contributed by atoms with Crippen molar-refractivity contribution < 1.29 is 9.59 Å². The molecule has 2 rings (SSSR count). The summed E-state index contributed by atoms with van der Waals surface area (Å²) < 4.78 is 0. The zero-order valence-electron chi connectivity index (χ0n) is 12.6. The second-order valence-corrected chi connectivity index (χ2v) is 5.93. The molecule has 1 aliphatic carbocycles. The predicted molar refractivity (Wildman–Crippen MR) is 84.2 cm³/mol. The van der Waals surface area contributed by atoms with Crippen LogP contribution in [0.2, 0.25) is 0 Å². The molecule has 2 amide bonds. The second kappa shape index (κ2) is 7.22. The van der Waals surface area contributed by atoms with E-state index < -0.39 is 0 Å². The Bertz CT molecular complexity index is 493. The van der Waals surface area contributed by atoms with Gasteiger partial charge < -0.3 is 16.0 Å². The molecular formula is C16H23N3O2. The Labute approximate surface area is 125 Å². The Morgan fingerprint density at radius 1 is 1.05 bits per heavy atom. The second-order valence-electron chi connectivity index (χ2n) is 5.93. The molecule has 1 fully saturated rings. The lowest BCUT2D eigenvalue weighted by Crippen LogP contribution is -2.29. The molecule has 3 N–H and O–H groups in total. The molecule has 1 aliphatic rings. The normalized spacial score (nSPS) is 14.0. The van der Waals surface area contributed by atoms with Crippen LogP contribution in [0.25, 0.3) is 0 Å². The van der Waals surface area contributed by atoms with Crippen LogP contribution in [0.15, 0.2) is 24.3 Å². The highest BCUT2D eigenvalue weighted by atomic mass is 16.2. The quantitative estimate of drug-likeness (QED) is 0.721. The van der Waals surface area contributed by atoms with Crippen molar-refractivity contribution >= 4 is 23.2 Å². The Balaban J connectivity index is 1.77. The molecule has 0 aliphatic heterocycles. The van der Waals surface area contributed by atoms with E-state index in [0.29, 0.717) is 24.9 Å². The average Bonchev–Trinajstić information content (AvgIpc) is 3.22. The molecule has 0 unspecified atom stereocenters. The highest BCUT2D eigenvalue weighted by Gasteiger charge is 2.21. The lowest BCUT2D eigenvalue weighted by Gasteiger charge is -2.09. The summed E-state index contributed by atoms with van der Waals surface area (Å²) in [6, 6.07) is 7.69. The number of benzene rings is 1. The number of carbonyl (C=O) groups is 2. The van der Waals surface area contributed by atoms with Crippen molar-refractivity contribution in [1.29, 1.82) is 0 Å². The van der Waals surface area contributed by atoms with E-state index in [-0.39, 0.29) is 11.8 Å². The molecule has 0 aromatic heterocycles. The minimum Gasteiger partial charge on any atom is -0.326 e. The van der Waals surface area contributed by atoms with E-state index in [1.165, 1.54) is 0 Å². The van der Waals surface area contributed by atoms with Crippen molar-refractivity contribution in [2.24, 2.45) is 5.92 Å². The molecule has 0 heterocycles. The van der Waals surface area contributed by atoms with Gasteiger partial charge in [0.2, 0.25) is 11.8 Å². The zero-order chi connectivity index (χ0) is 15.2. The summed E-state index contributed by atoms with van der Waals surface area (Å²) in [6.07, 6.45) is 2.83. The van der Waals surface area contributed by atoms with Gasteiger partial charge in [0.1, 0.15) is 0 Å². The van der Waals surface area contributed by atoms with Gasteiger partial charge >= 0.3 is 0 Å². The number of nitrogens with one attached hydrogen (secondary N) is 3. The minimum absolute atomic E-state index is 0.00965. The van der Waals surface area contributed by atoms with E-state index in [9.17, 15) is 9.59 Å². The number of carbonyl (C=O) groups excluding carboxylic acids is 2. The third-order valence-electron chi connectivity index (χ3n) is 3.17. The van der Waals surface area contributed by atoms with Crippen LogP contribution in [0.4, 0.5) is 11.4 Å². The number of rotatable bonds is 7. The van der Waals surface area contributed by atoms with E-state index >= 15 is 0 Å². The van der Waals surface area contributed by atoms with E-state index in [2.05, 4.69) is 16.0 Å². The Morgan fingerprint density at radius 2 is 1.57 bits per heavy atom. The van der Waals surface area contributed by atoms with Crippen LogP contribution in [-0.2, 0) is 9.59 Å². The van der Waals surface area contributed by atoms with Gasteiger partial charge in [-0.05, 0) is 43.0 Å². The van der Waals surface area contributed by atoms with Gasteiger partial charge in [-0.1, -0.05) is 13.8 Å². The van der Waals surface area contributed by atoms with Crippen molar-refractivity contribution in [2.45, 2.75) is 39.2 Å². The first kappa shape index (κ1) is 15.5. The Hall–Kier alpha value is -1.88. The molecule has 1 aromatic rings. The molecule has 0 saturated heterocycles. The maximum Gasteiger partial charge on any atom is 0.238 e. The first-order valence-corrected chi connectivity index (χ1v) is 7.46. The Kier molecular flexibility index (Phi) is 5.33. The van der Waals surface area contributed by atoms with Crippen LogP contribution in [0.3, 0.4) is 0 Å². The number of amides is 2. The third kappa shape index (κ3) is 5.95. The summed E-state index contributed by atoms with van der Waals surface area (Å²) in [5.41, 5.74) is 1.48. The fourth-order valence-corrected chi connectivity index (χ4v) is 1.95. The standard InChI is InChI=1S/C16H23N3O2/c1-11(2)9-15(20)18-13-5-7-14(8-6-13)19-16(21)10-17-12-3-4-12/h5-8,11-12,17H,3-4,9-10H2,1-2H3,(H,18,20)(H,19,21). The number of hydrogen-bond donors (Lipinski definition) is 3. The van der Waals surface area contributed by atoms with Crippen molar-refractivity contribution in [3.63, 3.8) is 0 Å². The maximum atomic E-state index is 11.7. The number of anilines is 2. The maximum absolute atomic E-state index is 11.7. The van der Waals surface area contributed by atoms with Crippen molar-refractivity contribution in [3.05, 3.63) is 24.3 Å². The molecule has 5 nitrogen and oxygen atoms in total. The molecule has 1 saturated carbocycles. The molecule has 0 radical (unpaired) electrons. The van der Waals surface area contributed by atoms with Crippen molar-refractivity contribution in [2.75, 3.05) is 17.2 Å². The van der Waals surface area contributed by atoms with Crippen molar-refractivity contribution in [3.8, 4) is 0 Å². The van der Waals surface area contributed by atoms with Gasteiger partial charge in [-0.2, -0.15) is 0 Å². The average molecular weight is 289 g/mol. The summed E-state index contributed by atoms with van der Waals surface area (Å²) in [7, 11) is 0. The smallest absolute Gasteiger partial charge is 0.238 e. The monoisotopic (exact) mass is 289 g/mol. The van der Waals surface area contributed by atoms with Gasteiger partial charge in [-0.3, -0.25) is 9.59 Å². The Morgan fingerprint density at radius 3 is 2.05 bits per heavy atom.